The first-order chi connectivity index (χ1) is 16.2. The number of carbonyl (C=O) groups is 2. The van der Waals surface area contributed by atoms with Gasteiger partial charge in [-0.15, -0.1) is 0 Å². The van der Waals surface area contributed by atoms with E-state index in [0.717, 1.165) is 25.8 Å². The number of aromatic nitrogens is 1. The maximum atomic E-state index is 13.4. The van der Waals surface area contributed by atoms with Crippen LogP contribution < -0.4 is 4.90 Å². The van der Waals surface area contributed by atoms with Crippen LogP contribution in [0.3, 0.4) is 0 Å². The number of carbonyl (C=O) groups excluding carboxylic acids is 2. The predicted molar refractivity (Wildman–Crippen MR) is 139 cm³/mol. The molecule has 2 heterocycles. The molecule has 1 amide bonds. The highest BCUT2D eigenvalue weighted by atomic mass is 79.9. The van der Waals surface area contributed by atoms with Crippen molar-refractivity contribution in [2.75, 3.05) is 4.90 Å². The summed E-state index contributed by atoms with van der Waals surface area (Å²) in [5.74, 6) is -1.74. The van der Waals surface area contributed by atoms with Crippen LogP contribution in [0.4, 0.5) is 5.13 Å². The van der Waals surface area contributed by atoms with Crippen molar-refractivity contribution in [2.45, 2.75) is 19.9 Å². The molecule has 1 fully saturated rings. The molecule has 4 aromatic rings. The first-order valence-corrected chi connectivity index (χ1v) is 12.4. The summed E-state index contributed by atoms with van der Waals surface area (Å²) < 4.78 is 1.72. The Morgan fingerprint density at radius 2 is 1.82 bits per heavy atom. The van der Waals surface area contributed by atoms with E-state index in [0.29, 0.717) is 21.3 Å². The molecule has 1 aliphatic heterocycles. The number of nitrogens with zero attached hydrogens (tertiary/aromatic N) is 2. The number of anilines is 1. The SMILES string of the molecule is Cc1cc(C)c2nc(N3C(=O)C(=O)C(=C(O)c4ccc(Cl)cc4)[C@@H]3c3cccc(Br)c3)sc2c1. The largest absolute Gasteiger partial charge is 0.507 e. The zero-order chi connectivity index (χ0) is 24.1. The quantitative estimate of drug-likeness (QED) is 0.169. The third kappa shape index (κ3) is 3.83. The van der Waals surface area contributed by atoms with Gasteiger partial charge in [-0.3, -0.25) is 14.5 Å². The summed E-state index contributed by atoms with van der Waals surface area (Å²) in [5.41, 5.74) is 3.97. The van der Waals surface area contributed by atoms with E-state index in [2.05, 4.69) is 15.9 Å². The van der Waals surface area contributed by atoms with E-state index in [-0.39, 0.29) is 11.3 Å². The van der Waals surface area contributed by atoms with E-state index < -0.39 is 17.7 Å². The Hall–Kier alpha value is -3.00. The number of ketones is 1. The monoisotopic (exact) mass is 552 g/mol. The van der Waals surface area contributed by atoms with Crippen LogP contribution in [0.2, 0.25) is 5.02 Å². The van der Waals surface area contributed by atoms with Gasteiger partial charge in [0.25, 0.3) is 5.78 Å². The Morgan fingerprint density at radius 1 is 1.09 bits per heavy atom. The molecule has 170 valence electrons. The standard InChI is InChI=1S/C26H18BrClN2O3S/c1-13-10-14(2)21-19(11-13)34-26(29-21)30-22(16-4-3-5-17(27)12-16)20(24(32)25(30)33)23(31)15-6-8-18(28)9-7-15/h3-12,22,31H,1-2H3/t22-/m0/s1. The number of benzene rings is 3. The van der Waals surface area contributed by atoms with Crippen LogP contribution in [0.25, 0.3) is 16.0 Å². The molecule has 0 saturated carbocycles. The van der Waals surface area contributed by atoms with Crippen LogP contribution in [-0.2, 0) is 9.59 Å². The predicted octanol–water partition coefficient (Wildman–Crippen LogP) is 6.96. The molecule has 0 bridgehead atoms. The van der Waals surface area contributed by atoms with Crippen molar-refractivity contribution in [3.05, 3.63) is 98.0 Å². The Balaban J connectivity index is 1.75. The molecule has 1 aromatic heterocycles. The molecular formula is C26H18BrClN2O3S. The van der Waals surface area contributed by atoms with Gasteiger partial charge in [-0.1, -0.05) is 57.1 Å². The van der Waals surface area contributed by atoms with Crippen LogP contribution in [0.15, 0.2) is 70.7 Å². The van der Waals surface area contributed by atoms with Crippen molar-refractivity contribution in [3.63, 3.8) is 0 Å². The number of Topliss-reactive ketones (excluding diaryl/α,β-unsaturated/α-hetero) is 1. The van der Waals surface area contributed by atoms with Crippen LogP contribution in [0.1, 0.15) is 28.3 Å². The normalized spacial score (nSPS) is 17.6. The molecule has 1 saturated heterocycles. The third-order valence-corrected chi connectivity index (χ3v) is 7.50. The zero-order valence-corrected chi connectivity index (χ0v) is 21.3. The maximum absolute atomic E-state index is 13.4. The van der Waals surface area contributed by atoms with E-state index in [9.17, 15) is 14.7 Å². The molecule has 1 aliphatic rings. The second-order valence-electron chi connectivity index (χ2n) is 8.16. The van der Waals surface area contributed by atoms with Crippen molar-refractivity contribution < 1.29 is 14.7 Å². The maximum Gasteiger partial charge on any atom is 0.301 e. The van der Waals surface area contributed by atoms with Gasteiger partial charge in [0.1, 0.15) is 5.76 Å². The van der Waals surface area contributed by atoms with Crippen LogP contribution in [0.5, 0.6) is 0 Å². The lowest BCUT2D eigenvalue weighted by molar-refractivity contribution is -0.132. The molecule has 0 unspecified atom stereocenters. The Labute approximate surface area is 213 Å². The Bertz CT molecular complexity index is 1510. The van der Waals surface area contributed by atoms with Gasteiger partial charge < -0.3 is 5.11 Å². The van der Waals surface area contributed by atoms with Crippen molar-refractivity contribution >= 4 is 71.7 Å². The van der Waals surface area contributed by atoms with Crippen LogP contribution >= 0.6 is 38.9 Å². The molecule has 8 heteroatoms. The van der Waals surface area contributed by atoms with E-state index in [1.807, 2.05) is 50.2 Å². The number of halogens is 2. The number of aliphatic hydroxyl groups is 1. The molecule has 5 rings (SSSR count). The van der Waals surface area contributed by atoms with Gasteiger partial charge in [-0.05, 0) is 73.0 Å². The second kappa shape index (κ2) is 8.65. The summed E-state index contributed by atoms with van der Waals surface area (Å²) in [6.07, 6.45) is 0. The summed E-state index contributed by atoms with van der Waals surface area (Å²) >= 11 is 10.8. The fourth-order valence-electron chi connectivity index (χ4n) is 4.25. The van der Waals surface area contributed by atoms with Gasteiger partial charge in [-0.25, -0.2) is 4.98 Å². The zero-order valence-electron chi connectivity index (χ0n) is 18.2. The minimum absolute atomic E-state index is 0.0116. The van der Waals surface area contributed by atoms with Crippen molar-refractivity contribution in [1.29, 1.82) is 0 Å². The van der Waals surface area contributed by atoms with Crippen molar-refractivity contribution in [3.8, 4) is 0 Å². The molecule has 3 aromatic carbocycles. The fraction of sp³-hybridized carbons (Fsp3) is 0.115. The molecule has 1 atom stereocenters. The molecule has 0 spiro atoms. The molecule has 5 nitrogen and oxygen atoms in total. The van der Waals surface area contributed by atoms with Gasteiger partial charge in [0, 0.05) is 15.1 Å². The first kappa shape index (κ1) is 22.8. The molecular weight excluding hydrogens is 536 g/mol. The van der Waals surface area contributed by atoms with Crippen LogP contribution in [-0.4, -0.2) is 21.8 Å². The summed E-state index contributed by atoms with van der Waals surface area (Å²) in [4.78, 5) is 32.8. The van der Waals surface area contributed by atoms with Crippen molar-refractivity contribution in [1.82, 2.24) is 4.98 Å². The molecule has 0 aliphatic carbocycles. The highest BCUT2D eigenvalue weighted by molar-refractivity contribution is 9.10. The van der Waals surface area contributed by atoms with Gasteiger partial charge in [0.2, 0.25) is 0 Å². The van der Waals surface area contributed by atoms with Gasteiger partial charge in [-0.2, -0.15) is 0 Å². The second-order valence-corrected chi connectivity index (χ2v) is 10.5. The number of thiazole rings is 1. The minimum Gasteiger partial charge on any atom is -0.507 e. The summed E-state index contributed by atoms with van der Waals surface area (Å²) in [6, 6.07) is 17.0. The first-order valence-electron chi connectivity index (χ1n) is 10.4. The average Bonchev–Trinajstić information content (AvgIpc) is 3.33. The number of hydrogen-bond donors (Lipinski definition) is 1. The smallest absolute Gasteiger partial charge is 0.301 e. The highest BCUT2D eigenvalue weighted by Crippen LogP contribution is 2.45. The fourth-order valence-corrected chi connectivity index (χ4v) is 5.96. The van der Waals surface area contributed by atoms with E-state index in [1.165, 1.54) is 16.2 Å². The lowest BCUT2D eigenvalue weighted by atomic mass is 9.95. The Kier molecular flexibility index (Phi) is 5.80. The molecule has 34 heavy (non-hydrogen) atoms. The lowest BCUT2D eigenvalue weighted by Crippen LogP contribution is -2.29. The molecule has 0 radical (unpaired) electrons. The van der Waals surface area contributed by atoms with Crippen LogP contribution in [0, 0.1) is 13.8 Å². The number of amides is 1. The number of hydrogen-bond acceptors (Lipinski definition) is 5. The topological polar surface area (TPSA) is 70.5 Å². The lowest BCUT2D eigenvalue weighted by Gasteiger charge is -2.23. The average molecular weight is 554 g/mol. The minimum atomic E-state index is -0.838. The number of fused-ring (bicyclic) bond motifs is 1. The number of aryl methyl sites for hydroxylation is 2. The highest BCUT2D eigenvalue weighted by Gasteiger charge is 2.48. The van der Waals surface area contributed by atoms with E-state index in [1.54, 1.807) is 24.3 Å². The van der Waals surface area contributed by atoms with Gasteiger partial charge in [0.05, 0.1) is 21.8 Å². The van der Waals surface area contributed by atoms with E-state index in [4.69, 9.17) is 16.6 Å². The van der Waals surface area contributed by atoms with Gasteiger partial charge in [0.15, 0.2) is 5.13 Å². The Morgan fingerprint density at radius 3 is 2.53 bits per heavy atom. The summed E-state index contributed by atoms with van der Waals surface area (Å²) in [6.45, 7) is 3.98. The molecule has 1 N–H and O–H groups in total. The third-order valence-electron chi connectivity index (χ3n) is 5.75. The summed E-state index contributed by atoms with van der Waals surface area (Å²) in [7, 11) is 0. The van der Waals surface area contributed by atoms with E-state index >= 15 is 0 Å². The van der Waals surface area contributed by atoms with Crippen molar-refractivity contribution in [2.24, 2.45) is 0 Å². The number of rotatable bonds is 3. The summed E-state index contributed by atoms with van der Waals surface area (Å²) in [5, 5.41) is 12.1. The van der Waals surface area contributed by atoms with Gasteiger partial charge >= 0.3 is 5.91 Å². The number of aliphatic hydroxyl groups excluding tert-OH is 1.